The summed E-state index contributed by atoms with van der Waals surface area (Å²) in [5, 5.41) is 12.8. The topological polar surface area (TPSA) is 81.3 Å². The van der Waals surface area contributed by atoms with E-state index < -0.39 is 0 Å². The molecule has 0 aliphatic rings. The molecule has 0 aliphatic heterocycles. The van der Waals surface area contributed by atoms with Crippen LogP contribution >= 0.6 is 11.8 Å². The van der Waals surface area contributed by atoms with Crippen molar-refractivity contribution in [2.45, 2.75) is 38.5 Å². The summed E-state index contributed by atoms with van der Waals surface area (Å²) in [5.74, 6) is 0.999. The van der Waals surface area contributed by atoms with Gasteiger partial charge in [0.05, 0.1) is 23.2 Å². The SMILES string of the molecule is CC(C)C(C)NC(=O)CSc1nnc2n(Cc3ccccc3)c(=O)c3ccccc3n12. The molecule has 31 heavy (non-hydrogen) atoms. The molecule has 1 N–H and O–H groups in total. The summed E-state index contributed by atoms with van der Waals surface area (Å²) in [6.07, 6.45) is 0. The zero-order valence-electron chi connectivity index (χ0n) is 17.8. The number of carbonyl (C=O) groups is 1. The number of para-hydroxylation sites is 1. The van der Waals surface area contributed by atoms with Crippen molar-refractivity contribution >= 4 is 34.3 Å². The molecule has 0 aliphatic carbocycles. The van der Waals surface area contributed by atoms with Gasteiger partial charge in [-0.25, -0.2) is 0 Å². The van der Waals surface area contributed by atoms with E-state index in [9.17, 15) is 9.59 Å². The lowest BCUT2D eigenvalue weighted by molar-refractivity contribution is -0.119. The second kappa shape index (κ2) is 8.93. The fourth-order valence-electron chi connectivity index (χ4n) is 3.33. The summed E-state index contributed by atoms with van der Waals surface area (Å²) in [4.78, 5) is 25.6. The molecular weight excluding hydrogens is 410 g/mol. The molecule has 160 valence electrons. The average molecular weight is 436 g/mol. The van der Waals surface area contributed by atoms with Crippen molar-refractivity contribution in [3.63, 3.8) is 0 Å². The van der Waals surface area contributed by atoms with Crippen molar-refractivity contribution in [1.82, 2.24) is 24.5 Å². The zero-order chi connectivity index (χ0) is 22.0. The number of benzene rings is 2. The number of nitrogens with zero attached hydrogens (tertiary/aromatic N) is 4. The van der Waals surface area contributed by atoms with Crippen LogP contribution in [0.25, 0.3) is 16.7 Å². The maximum Gasteiger partial charge on any atom is 0.263 e. The number of fused-ring (bicyclic) bond motifs is 3. The monoisotopic (exact) mass is 435 g/mol. The molecule has 0 bridgehead atoms. The zero-order valence-corrected chi connectivity index (χ0v) is 18.6. The first-order valence-electron chi connectivity index (χ1n) is 10.3. The maximum atomic E-state index is 13.2. The molecular formula is C23H25N5O2S. The van der Waals surface area contributed by atoms with Crippen LogP contribution in [0.3, 0.4) is 0 Å². The quantitative estimate of drug-likeness (QED) is 0.450. The maximum absolute atomic E-state index is 13.2. The standard InChI is InChI=1S/C23H25N5O2S/c1-15(2)16(3)24-20(29)14-31-23-26-25-22-27(13-17-9-5-4-6-10-17)21(30)18-11-7-8-12-19(18)28(22)23/h4-12,15-16H,13-14H2,1-3H3,(H,24,29). The van der Waals surface area contributed by atoms with Crippen LogP contribution < -0.4 is 10.9 Å². The van der Waals surface area contributed by atoms with Gasteiger partial charge in [-0.3, -0.25) is 18.6 Å². The smallest absolute Gasteiger partial charge is 0.263 e. The van der Waals surface area contributed by atoms with Gasteiger partial charge in [0.2, 0.25) is 11.7 Å². The van der Waals surface area contributed by atoms with Gasteiger partial charge in [-0.15, -0.1) is 10.2 Å². The first-order chi connectivity index (χ1) is 15.0. The lowest BCUT2D eigenvalue weighted by atomic mass is 10.1. The molecule has 2 aromatic carbocycles. The Kier molecular flexibility index (Phi) is 6.08. The molecule has 7 nitrogen and oxygen atoms in total. The van der Waals surface area contributed by atoms with E-state index in [1.165, 1.54) is 11.8 Å². The lowest BCUT2D eigenvalue weighted by Gasteiger charge is -2.17. The molecule has 1 unspecified atom stereocenters. The molecule has 0 radical (unpaired) electrons. The highest BCUT2D eigenvalue weighted by Crippen LogP contribution is 2.22. The van der Waals surface area contributed by atoms with E-state index in [0.29, 0.717) is 28.8 Å². The van der Waals surface area contributed by atoms with Crippen LogP contribution in [0.4, 0.5) is 0 Å². The highest BCUT2D eigenvalue weighted by molar-refractivity contribution is 7.99. The number of rotatable bonds is 7. The third kappa shape index (κ3) is 4.34. The summed E-state index contributed by atoms with van der Waals surface area (Å²) < 4.78 is 3.50. The van der Waals surface area contributed by atoms with Crippen LogP contribution in [0.2, 0.25) is 0 Å². The molecule has 0 saturated carbocycles. The first-order valence-corrected chi connectivity index (χ1v) is 11.3. The highest BCUT2D eigenvalue weighted by atomic mass is 32.2. The lowest BCUT2D eigenvalue weighted by Crippen LogP contribution is -2.37. The molecule has 1 atom stereocenters. The van der Waals surface area contributed by atoms with Crippen LogP contribution in [0.15, 0.2) is 64.5 Å². The molecule has 4 rings (SSSR count). The van der Waals surface area contributed by atoms with E-state index in [0.717, 1.165) is 11.1 Å². The summed E-state index contributed by atoms with van der Waals surface area (Å²) in [6, 6.07) is 17.3. The Morgan fingerprint density at radius 2 is 1.74 bits per heavy atom. The van der Waals surface area contributed by atoms with Crippen LogP contribution in [-0.2, 0) is 11.3 Å². The van der Waals surface area contributed by atoms with Crippen molar-refractivity contribution in [2.75, 3.05) is 5.75 Å². The Hall–Kier alpha value is -3.13. The highest BCUT2D eigenvalue weighted by Gasteiger charge is 2.18. The van der Waals surface area contributed by atoms with E-state index in [1.807, 2.05) is 65.9 Å². The molecule has 2 aromatic heterocycles. The van der Waals surface area contributed by atoms with Gasteiger partial charge in [0.15, 0.2) is 5.16 Å². The number of nitrogens with one attached hydrogen (secondary N) is 1. The predicted molar refractivity (Wildman–Crippen MR) is 123 cm³/mol. The summed E-state index contributed by atoms with van der Waals surface area (Å²) in [5.41, 5.74) is 1.62. The molecule has 2 heterocycles. The number of aromatic nitrogens is 4. The minimum atomic E-state index is -0.112. The van der Waals surface area contributed by atoms with Crippen molar-refractivity contribution in [3.05, 3.63) is 70.5 Å². The molecule has 0 spiro atoms. The summed E-state index contributed by atoms with van der Waals surface area (Å²) >= 11 is 1.32. The summed E-state index contributed by atoms with van der Waals surface area (Å²) in [7, 11) is 0. The molecule has 8 heteroatoms. The van der Waals surface area contributed by atoms with Crippen LogP contribution in [0, 0.1) is 5.92 Å². The second-order valence-electron chi connectivity index (χ2n) is 7.90. The molecule has 0 saturated heterocycles. The largest absolute Gasteiger partial charge is 0.353 e. The van der Waals surface area contributed by atoms with E-state index in [-0.39, 0.29) is 23.3 Å². The van der Waals surface area contributed by atoms with Gasteiger partial charge in [0.1, 0.15) is 0 Å². The van der Waals surface area contributed by atoms with Gasteiger partial charge in [0, 0.05) is 6.04 Å². The van der Waals surface area contributed by atoms with E-state index in [2.05, 4.69) is 29.4 Å². The fourth-order valence-corrected chi connectivity index (χ4v) is 4.08. The number of amides is 1. The Balaban J connectivity index is 1.73. The minimum absolute atomic E-state index is 0.0511. The van der Waals surface area contributed by atoms with E-state index in [4.69, 9.17) is 0 Å². The fraction of sp³-hybridized carbons (Fsp3) is 0.304. The predicted octanol–water partition coefficient (Wildman–Crippen LogP) is 3.35. The van der Waals surface area contributed by atoms with Crippen LogP contribution in [0.1, 0.15) is 26.3 Å². The van der Waals surface area contributed by atoms with Crippen molar-refractivity contribution < 1.29 is 4.79 Å². The normalized spacial score (nSPS) is 12.5. The Morgan fingerprint density at radius 1 is 1.03 bits per heavy atom. The van der Waals surface area contributed by atoms with Gasteiger partial charge < -0.3 is 5.32 Å². The number of hydrogen-bond acceptors (Lipinski definition) is 5. The van der Waals surface area contributed by atoms with Gasteiger partial charge in [0.25, 0.3) is 5.56 Å². The minimum Gasteiger partial charge on any atom is -0.353 e. The average Bonchev–Trinajstić information content (AvgIpc) is 3.20. The van der Waals surface area contributed by atoms with Crippen LogP contribution in [0.5, 0.6) is 0 Å². The Morgan fingerprint density at radius 3 is 2.48 bits per heavy atom. The third-order valence-electron chi connectivity index (χ3n) is 5.38. The van der Waals surface area contributed by atoms with Crippen molar-refractivity contribution in [3.8, 4) is 0 Å². The molecule has 4 aromatic rings. The van der Waals surface area contributed by atoms with Crippen LogP contribution in [-0.4, -0.2) is 36.9 Å². The van der Waals surface area contributed by atoms with E-state index >= 15 is 0 Å². The van der Waals surface area contributed by atoms with Gasteiger partial charge >= 0.3 is 0 Å². The third-order valence-corrected chi connectivity index (χ3v) is 6.31. The Labute approximate surface area is 184 Å². The van der Waals surface area contributed by atoms with Gasteiger partial charge in [-0.2, -0.15) is 0 Å². The number of carbonyl (C=O) groups excluding carboxylic acids is 1. The molecule has 1 amide bonds. The summed E-state index contributed by atoms with van der Waals surface area (Å²) in [6.45, 7) is 6.53. The number of thioether (sulfide) groups is 1. The number of hydrogen-bond donors (Lipinski definition) is 1. The van der Waals surface area contributed by atoms with Gasteiger partial charge in [-0.05, 0) is 30.5 Å². The molecule has 0 fully saturated rings. The second-order valence-corrected chi connectivity index (χ2v) is 8.84. The van der Waals surface area contributed by atoms with E-state index in [1.54, 1.807) is 4.57 Å². The first kappa shape index (κ1) is 21.1. The van der Waals surface area contributed by atoms with Gasteiger partial charge in [-0.1, -0.05) is 68.1 Å². The van der Waals surface area contributed by atoms with Crippen molar-refractivity contribution in [1.29, 1.82) is 0 Å². The Bertz CT molecular complexity index is 1280. The van der Waals surface area contributed by atoms with Crippen molar-refractivity contribution in [2.24, 2.45) is 5.92 Å².